The third kappa shape index (κ3) is 4.60. The molecule has 6 nitrogen and oxygen atoms in total. The Balaban J connectivity index is 1.54. The second kappa shape index (κ2) is 9.11. The van der Waals surface area contributed by atoms with Crippen LogP contribution in [0.3, 0.4) is 0 Å². The van der Waals surface area contributed by atoms with Crippen LogP contribution >= 0.6 is 27.3 Å². The Hall–Kier alpha value is -2.84. The minimum Gasteiger partial charge on any atom is -0.496 e. The summed E-state index contributed by atoms with van der Waals surface area (Å²) in [5.41, 5.74) is 8.20. The van der Waals surface area contributed by atoms with E-state index in [1.807, 2.05) is 24.3 Å². The van der Waals surface area contributed by atoms with Gasteiger partial charge in [-0.15, -0.1) is 11.3 Å². The maximum Gasteiger partial charge on any atom is 0.256 e. The van der Waals surface area contributed by atoms with Crippen LogP contribution in [0.4, 0.5) is 5.00 Å². The third-order valence-electron chi connectivity index (χ3n) is 5.15. The van der Waals surface area contributed by atoms with E-state index in [0.717, 1.165) is 39.7 Å². The second-order valence-electron chi connectivity index (χ2n) is 7.15. The monoisotopic (exact) mass is 500 g/mol. The zero-order valence-electron chi connectivity index (χ0n) is 16.9. The summed E-state index contributed by atoms with van der Waals surface area (Å²) in [7, 11) is 1.57. The number of carbonyl (C=O) groups is 2. The van der Waals surface area contributed by atoms with E-state index in [4.69, 9.17) is 15.2 Å². The number of rotatable bonds is 7. The van der Waals surface area contributed by atoms with Crippen LogP contribution in [0.15, 0.2) is 46.9 Å². The lowest BCUT2D eigenvalue weighted by molar-refractivity contribution is 0.100. The van der Waals surface area contributed by atoms with Crippen molar-refractivity contribution in [3.8, 4) is 11.5 Å². The van der Waals surface area contributed by atoms with Crippen molar-refractivity contribution in [2.75, 3.05) is 12.4 Å². The molecule has 0 bridgehead atoms. The molecule has 2 amide bonds. The highest BCUT2D eigenvalue weighted by molar-refractivity contribution is 9.10. The fraction of sp³-hybridized carbons (Fsp3) is 0.217. The third-order valence-corrected chi connectivity index (χ3v) is 6.88. The predicted octanol–water partition coefficient (Wildman–Crippen LogP) is 4.94. The Kier molecular flexibility index (Phi) is 6.29. The molecule has 0 aliphatic heterocycles. The van der Waals surface area contributed by atoms with Crippen LogP contribution in [0, 0.1) is 0 Å². The standard InChI is InChI=1S/C23H21BrN2O4S/c1-29-18-10-5-13(11-14(18)12-30-16-8-6-15(24)7-9-16)22(28)26-23-20(21(25)27)17-3-2-4-19(17)31-23/h5-11H,2-4,12H2,1H3,(H2,25,27)(H,26,28). The number of thiophene rings is 1. The van der Waals surface area contributed by atoms with Crippen molar-refractivity contribution in [3.63, 3.8) is 0 Å². The van der Waals surface area contributed by atoms with Crippen molar-refractivity contribution < 1.29 is 19.1 Å². The second-order valence-corrected chi connectivity index (χ2v) is 9.17. The number of primary amides is 1. The molecular formula is C23H21BrN2O4S. The summed E-state index contributed by atoms with van der Waals surface area (Å²) in [6.45, 7) is 0.242. The molecule has 0 radical (unpaired) electrons. The van der Waals surface area contributed by atoms with E-state index in [9.17, 15) is 9.59 Å². The van der Waals surface area contributed by atoms with Crippen LogP contribution in [-0.4, -0.2) is 18.9 Å². The number of fused-ring (bicyclic) bond motifs is 1. The van der Waals surface area contributed by atoms with Gasteiger partial charge in [0.25, 0.3) is 11.8 Å². The van der Waals surface area contributed by atoms with Gasteiger partial charge in [-0.05, 0) is 67.3 Å². The number of nitrogens with two attached hydrogens (primary N) is 1. The van der Waals surface area contributed by atoms with E-state index in [1.54, 1.807) is 25.3 Å². The zero-order chi connectivity index (χ0) is 22.0. The molecule has 4 rings (SSSR count). The van der Waals surface area contributed by atoms with E-state index < -0.39 is 5.91 Å². The number of nitrogens with one attached hydrogen (secondary N) is 1. The molecule has 1 aromatic heterocycles. The lowest BCUT2D eigenvalue weighted by Gasteiger charge is -2.12. The van der Waals surface area contributed by atoms with Crippen molar-refractivity contribution in [2.24, 2.45) is 5.73 Å². The van der Waals surface area contributed by atoms with Gasteiger partial charge < -0.3 is 20.5 Å². The van der Waals surface area contributed by atoms with Gasteiger partial charge in [0.1, 0.15) is 23.1 Å². The van der Waals surface area contributed by atoms with Gasteiger partial charge in [0.2, 0.25) is 0 Å². The first-order valence-corrected chi connectivity index (χ1v) is 11.4. The summed E-state index contributed by atoms with van der Waals surface area (Å²) in [5.74, 6) is 0.517. The highest BCUT2D eigenvalue weighted by Gasteiger charge is 2.26. The average molecular weight is 501 g/mol. The van der Waals surface area contributed by atoms with Crippen molar-refractivity contribution in [1.29, 1.82) is 0 Å². The number of carbonyl (C=O) groups excluding carboxylic acids is 2. The summed E-state index contributed by atoms with van der Waals surface area (Å²) in [6, 6.07) is 12.7. The first kappa shape index (κ1) is 21.4. The van der Waals surface area contributed by atoms with E-state index >= 15 is 0 Å². The van der Waals surface area contributed by atoms with E-state index in [2.05, 4.69) is 21.2 Å². The molecule has 0 fully saturated rings. The molecule has 3 N–H and O–H groups in total. The van der Waals surface area contributed by atoms with Gasteiger partial charge in [-0.2, -0.15) is 0 Å². The first-order chi connectivity index (χ1) is 15.0. The Morgan fingerprint density at radius 1 is 1.16 bits per heavy atom. The van der Waals surface area contributed by atoms with Gasteiger partial charge in [-0.25, -0.2) is 0 Å². The molecule has 1 heterocycles. The quantitative estimate of drug-likeness (QED) is 0.480. The largest absolute Gasteiger partial charge is 0.496 e. The number of methoxy groups -OCH3 is 1. The number of anilines is 1. The lowest BCUT2D eigenvalue weighted by Crippen LogP contribution is -2.18. The van der Waals surface area contributed by atoms with Crippen molar-refractivity contribution >= 4 is 44.1 Å². The molecule has 160 valence electrons. The molecule has 8 heteroatoms. The van der Waals surface area contributed by atoms with Crippen molar-refractivity contribution in [2.45, 2.75) is 25.9 Å². The lowest BCUT2D eigenvalue weighted by atomic mass is 10.1. The molecule has 3 aromatic rings. The van der Waals surface area contributed by atoms with Crippen LogP contribution in [-0.2, 0) is 19.4 Å². The molecule has 1 aliphatic carbocycles. The summed E-state index contributed by atoms with van der Waals surface area (Å²) in [6.07, 6.45) is 2.74. The van der Waals surface area contributed by atoms with Gasteiger partial charge in [-0.1, -0.05) is 15.9 Å². The summed E-state index contributed by atoms with van der Waals surface area (Å²) in [4.78, 5) is 26.0. The normalized spacial score (nSPS) is 12.3. The van der Waals surface area contributed by atoms with Gasteiger partial charge in [-0.3, -0.25) is 9.59 Å². The molecule has 1 aliphatic rings. The minimum atomic E-state index is -0.506. The summed E-state index contributed by atoms with van der Waals surface area (Å²) < 4.78 is 12.2. The van der Waals surface area contributed by atoms with Gasteiger partial charge in [0.05, 0.1) is 12.7 Å². The predicted molar refractivity (Wildman–Crippen MR) is 124 cm³/mol. The van der Waals surface area contributed by atoms with Crippen LogP contribution in [0.25, 0.3) is 0 Å². The molecule has 0 saturated carbocycles. The fourth-order valence-electron chi connectivity index (χ4n) is 3.65. The SMILES string of the molecule is COc1ccc(C(=O)Nc2sc3c(c2C(N)=O)CCC3)cc1COc1ccc(Br)cc1. The molecule has 0 atom stereocenters. The highest BCUT2D eigenvalue weighted by atomic mass is 79.9. The first-order valence-electron chi connectivity index (χ1n) is 9.77. The van der Waals surface area contributed by atoms with Crippen LogP contribution in [0.5, 0.6) is 11.5 Å². The summed E-state index contributed by atoms with van der Waals surface area (Å²) in [5, 5.41) is 3.39. The Bertz CT molecular complexity index is 1140. The van der Waals surface area contributed by atoms with Gasteiger partial charge >= 0.3 is 0 Å². The van der Waals surface area contributed by atoms with Gasteiger partial charge in [0.15, 0.2) is 0 Å². The van der Waals surface area contributed by atoms with Crippen LogP contribution in [0.2, 0.25) is 0 Å². The number of hydrogen-bond acceptors (Lipinski definition) is 5. The minimum absolute atomic E-state index is 0.242. The molecule has 31 heavy (non-hydrogen) atoms. The average Bonchev–Trinajstić information content (AvgIpc) is 3.33. The number of aryl methyl sites for hydroxylation is 1. The Morgan fingerprint density at radius 3 is 2.65 bits per heavy atom. The maximum absolute atomic E-state index is 12.9. The fourth-order valence-corrected chi connectivity index (χ4v) is 5.21. The highest BCUT2D eigenvalue weighted by Crippen LogP contribution is 2.39. The Morgan fingerprint density at radius 2 is 1.94 bits per heavy atom. The van der Waals surface area contributed by atoms with E-state index in [0.29, 0.717) is 27.6 Å². The zero-order valence-corrected chi connectivity index (χ0v) is 19.3. The number of ether oxygens (including phenoxy) is 2. The molecule has 2 aromatic carbocycles. The summed E-state index contributed by atoms with van der Waals surface area (Å²) >= 11 is 4.83. The maximum atomic E-state index is 12.9. The molecule has 0 unspecified atom stereocenters. The van der Waals surface area contributed by atoms with E-state index in [1.165, 1.54) is 11.3 Å². The molecule has 0 spiro atoms. The van der Waals surface area contributed by atoms with Crippen molar-refractivity contribution in [3.05, 3.63) is 74.1 Å². The Labute approximate surface area is 192 Å². The van der Waals surface area contributed by atoms with Crippen LogP contribution in [0.1, 0.15) is 43.1 Å². The van der Waals surface area contributed by atoms with Crippen molar-refractivity contribution in [1.82, 2.24) is 0 Å². The number of halogens is 1. The molecule has 0 saturated heterocycles. The topological polar surface area (TPSA) is 90.6 Å². The van der Waals surface area contributed by atoms with Crippen LogP contribution < -0.4 is 20.5 Å². The number of benzene rings is 2. The number of hydrogen-bond donors (Lipinski definition) is 2. The smallest absolute Gasteiger partial charge is 0.256 e. The van der Waals surface area contributed by atoms with Gasteiger partial charge in [0, 0.05) is 20.5 Å². The molecular weight excluding hydrogens is 480 g/mol. The van der Waals surface area contributed by atoms with E-state index in [-0.39, 0.29) is 12.5 Å². The number of amides is 2.